The monoisotopic (exact) mass is 324 g/mol. The molecule has 0 fully saturated rings. The van der Waals surface area contributed by atoms with Crippen molar-refractivity contribution < 1.29 is 0 Å². The predicted molar refractivity (Wildman–Crippen MR) is 96.4 cm³/mol. The Bertz CT molecular complexity index is 770. The van der Waals surface area contributed by atoms with Crippen LogP contribution in [0.2, 0.25) is 0 Å². The van der Waals surface area contributed by atoms with E-state index in [0.29, 0.717) is 0 Å². The Hall–Kier alpha value is -1.68. The van der Waals surface area contributed by atoms with Crippen molar-refractivity contribution in [3.63, 3.8) is 0 Å². The van der Waals surface area contributed by atoms with Gasteiger partial charge in [0.25, 0.3) is 0 Å². The molecule has 0 spiro atoms. The number of benzene rings is 1. The topological polar surface area (TPSA) is 0 Å². The van der Waals surface area contributed by atoms with Crippen LogP contribution in [-0.2, 0) is 0 Å². The highest BCUT2D eigenvalue weighted by molar-refractivity contribution is 7.15. The van der Waals surface area contributed by atoms with Crippen LogP contribution in [-0.4, -0.2) is 0 Å². The smallest absolute Gasteiger partial charge is 0.0355 e. The maximum atomic E-state index is 2.23. The Morgan fingerprint density at radius 1 is 0.476 bits per heavy atom. The van der Waals surface area contributed by atoms with Crippen molar-refractivity contribution in [1.82, 2.24) is 0 Å². The lowest BCUT2D eigenvalue weighted by atomic mass is 9.97. The first kappa shape index (κ1) is 13.0. The van der Waals surface area contributed by atoms with E-state index in [9.17, 15) is 0 Å². The van der Waals surface area contributed by atoms with E-state index in [1.807, 2.05) is 11.3 Å². The molecule has 0 bridgehead atoms. The molecule has 0 saturated heterocycles. The van der Waals surface area contributed by atoms with E-state index in [4.69, 9.17) is 0 Å². The summed E-state index contributed by atoms with van der Waals surface area (Å²) in [6, 6.07) is 19.6. The summed E-state index contributed by atoms with van der Waals surface area (Å²) in [5.74, 6) is 0. The molecule has 4 aromatic rings. The maximum absolute atomic E-state index is 2.23. The zero-order valence-electron chi connectivity index (χ0n) is 11.2. The average molecular weight is 324 g/mol. The third kappa shape index (κ3) is 2.38. The van der Waals surface area contributed by atoms with Crippen molar-refractivity contribution in [3.8, 4) is 31.3 Å². The highest BCUT2D eigenvalue weighted by Crippen LogP contribution is 2.43. The van der Waals surface area contributed by atoms with Crippen LogP contribution in [0, 0.1) is 0 Å². The van der Waals surface area contributed by atoms with Gasteiger partial charge in [-0.3, -0.25) is 0 Å². The van der Waals surface area contributed by atoms with Crippen LogP contribution in [0.1, 0.15) is 0 Å². The van der Waals surface area contributed by atoms with E-state index in [1.165, 1.54) is 31.3 Å². The summed E-state index contributed by atoms with van der Waals surface area (Å²) < 4.78 is 0. The molecule has 0 unspecified atom stereocenters. The number of hydrogen-bond acceptors (Lipinski definition) is 3. The SMILES string of the molecule is c1csc(-c2cccc(-c3cccs3)c2-c2cccs2)c1. The Morgan fingerprint density at radius 2 is 0.952 bits per heavy atom. The molecule has 0 nitrogen and oxygen atoms in total. The van der Waals surface area contributed by atoms with Crippen LogP contribution in [0.4, 0.5) is 0 Å². The lowest BCUT2D eigenvalue weighted by Crippen LogP contribution is -1.85. The van der Waals surface area contributed by atoms with Crippen LogP contribution < -0.4 is 0 Å². The van der Waals surface area contributed by atoms with Gasteiger partial charge in [-0.2, -0.15) is 0 Å². The first-order chi connectivity index (χ1) is 10.4. The summed E-state index contributed by atoms with van der Waals surface area (Å²) in [5.41, 5.74) is 4.02. The molecule has 0 aliphatic rings. The summed E-state index contributed by atoms with van der Waals surface area (Å²) in [6.45, 7) is 0. The van der Waals surface area contributed by atoms with Gasteiger partial charge in [-0.1, -0.05) is 36.4 Å². The maximum Gasteiger partial charge on any atom is 0.0355 e. The first-order valence-electron chi connectivity index (χ1n) is 6.68. The van der Waals surface area contributed by atoms with E-state index in [2.05, 4.69) is 70.7 Å². The van der Waals surface area contributed by atoms with Crippen LogP contribution in [0.5, 0.6) is 0 Å². The normalized spacial score (nSPS) is 10.9. The fourth-order valence-electron chi connectivity index (χ4n) is 2.51. The number of hydrogen-bond donors (Lipinski definition) is 0. The van der Waals surface area contributed by atoms with Crippen molar-refractivity contribution in [2.45, 2.75) is 0 Å². The summed E-state index contributed by atoms with van der Waals surface area (Å²) in [7, 11) is 0. The van der Waals surface area contributed by atoms with Gasteiger partial charge >= 0.3 is 0 Å². The van der Waals surface area contributed by atoms with Gasteiger partial charge in [0.15, 0.2) is 0 Å². The van der Waals surface area contributed by atoms with Crippen LogP contribution in [0.25, 0.3) is 31.3 Å². The van der Waals surface area contributed by atoms with E-state index >= 15 is 0 Å². The summed E-state index contributed by atoms with van der Waals surface area (Å²) in [6.07, 6.45) is 0. The fraction of sp³-hybridized carbons (Fsp3) is 0. The van der Waals surface area contributed by atoms with E-state index in [0.717, 1.165) is 0 Å². The van der Waals surface area contributed by atoms with Crippen molar-refractivity contribution in [2.75, 3.05) is 0 Å². The molecule has 4 rings (SSSR count). The van der Waals surface area contributed by atoms with Gasteiger partial charge in [-0.05, 0) is 34.3 Å². The van der Waals surface area contributed by atoms with E-state index in [-0.39, 0.29) is 0 Å². The first-order valence-corrected chi connectivity index (χ1v) is 9.32. The lowest BCUT2D eigenvalue weighted by Gasteiger charge is -2.12. The molecule has 102 valence electrons. The quantitative estimate of drug-likeness (QED) is 0.385. The Morgan fingerprint density at radius 3 is 1.38 bits per heavy atom. The number of thiophene rings is 3. The molecular formula is C18H12S3. The van der Waals surface area contributed by atoms with Crippen LogP contribution in [0.15, 0.2) is 70.7 Å². The van der Waals surface area contributed by atoms with Gasteiger partial charge < -0.3 is 0 Å². The molecule has 0 atom stereocenters. The third-order valence-corrected chi connectivity index (χ3v) is 6.10. The van der Waals surface area contributed by atoms with Crippen molar-refractivity contribution in [3.05, 3.63) is 70.7 Å². The molecule has 0 N–H and O–H groups in total. The second-order valence-corrected chi connectivity index (χ2v) is 7.50. The molecule has 0 aliphatic carbocycles. The Labute approximate surface area is 136 Å². The zero-order valence-corrected chi connectivity index (χ0v) is 13.6. The summed E-state index contributed by atoms with van der Waals surface area (Å²) in [4.78, 5) is 4.00. The zero-order chi connectivity index (χ0) is 14.1. The molecule has 0 saturated carbocycles. The minimum absolute atomic E-state index is 1.33. The van der Waals surface area contributed by atoms with E-state index < -0.39 is 0 Å². The molecule has 21 heavy (non-hydrogen) atoms. The van der Waals surface area contributed by atoms with Gasteiger partial charge in [-0.15, -0.1) is 34.0 Å². The lowest BCUT2D eigenvalue weighted by molar-refractivity contribution is 1.67. The molecule has 0 amide bonds. The minimum atomic E-state index is 1.33. The van der Waals surface area contributed by atoms with Crippen molar-refractivity contribution in [2.24, 2.45) is 0 Å². The van der Waals surface area contributed by atoms with Crippen LogP contribution in [0.3, 0.4) is 0 Å². The third-order valence-electron chi connectivity index (χ3n) is 3.41. The molecule has 0 radical (unpaired) electrons. The standard InChI is InChI=1S/C18H12S3/c1-5-13(15-7-2-10-19-15)18(17-9-4-12-21-17)14(6-1)16-8-3-11-20-16/h1-12H. The van der Waals surface area contributed by atoms with Gasteiger partial charge in [0.1, 0.15) is 0 Å². The largest absolute Gasteiger partial charge is 0.144 e. The van der Waals surface area contributed by atoms with E-state index in [1.54, 1.807) is 22.7 Å². The number of rotatable bonds is 3. The molecule has 3 heteroatoms. The Balaban J connectivity index is 2.03. The van der Waals surface area contributed by atoms with Crippen LogP contribution >= 0.6 is 34.0 Å². The highest BCUT2D eigenvalue weighted by Gasteiger charge is 2.15. The van der Waals surface area contributed by atoms with Crippen molar-refractivity contribution >= 4 is 34.0 Å². The summed E-state index contributed by atoms with van der Waals surface area (Å²) in [5, 5.41) is 6.44. The predicted octanol–water partition coefficient (Wildman–Crippen LogP) is 6.87. The summed E-state index contributed by atoms with van der Waals surface area (Å²) >= 11 is 5.41. The molecule has 3 aromatic heterocycles. The van der Waals surface area contributed by atoms with Gasteiger partial charge in [0, 0.05) is 31.3 Å². The molecular weight excluding hydrogens is 312 g/mol. The molecule has 0 aliphatic heterocycles. The van der Waals surface area contributed by atoms with Gasteiger partial charge in [0.2, 0.25) is 0 Å². The van der Waals surface area contributed by atoms with Gasteiger partial charge in [-0.25, -0.2) is 0 Å². The highest BCUT2D eigenvalue weighted by atomic mass is 32.1. The molecule has 1 aromatic carbocycles. The molecule has 3 heterocycles. The van der Waals surface area contributed by atoms with Crippen molar-refractivity contribution in [1.29, 1.82) is 0 Å². The van der Waals surface area contributed by atoms with Gasteiger partial charge in [0.05, 0.1) is 0 Å². The second-order valence-electron chi connectivity index (χ2n) is 4.66. The average Bonchev–Trinajstić information content (AvgIpc) is 3.28. The second kappa shape index (κ2) is 5.60. The fourth-order valence-corrected chi connectivity index (χ4v) is 4.83. The minimum Gasteiger partial charge on any atom is -0.144 e. The Kier molecular flexibility index (Phi) is 3.47.